The number of hydrogen-bond acceptors (Lipinski definition) is 2. The molecule has 0 atom stereocenters. The van der Waals surface area contributed by atoms with E-state index in [0.29, 0.717) is 0 Å². The number of anilines is 1. The van der Waals surface area contributed by atoms with Gasteiger partial charge in [-0.2, -0.15) is 0 Å². The summed E-state index contributed by atoms with van der Waals surface area (Å²) in [5, 5.41) is 4.18. The molecule has 0 spiro atoms. The minimum absolute atomic E-state index is 0. The van der Waals surface area contributed by atoms with Gasteiger partial charge in [0.05, 0.1) is 5.69 Å². The van der Waals surface area contributed by atoms with Crippen LogP contribution in [0.4, 0.5) is 5.69 Å². The van der Waals surface area contributed by atoms with Crippen LogP contribution in [-0.2, 0) is 17.1 Å². The van der Waals surface area contributed by atoms with Crippen LogP contribution in [0, 0.1) is 0 Å². The van der Waals surface area contributed by atoms with E-state index in [0.717, 1.165) is 0 Å². The minimum Gasteiger partial charge on any atom is -0.264 e. The average molecular weight is 238 g/mol. The minimum atomic E-state index is 0. The Labute approximate surface area is 99.6 Å². The van der Waals surface area contributed by atoms with E-state index >= 15 is 0 Å². The maximum absolute atomic E-state index is 2.12. The molecule has 1 aromatic carbocycles. The van der Waals surface area contributed by atoms with Crippen LogP contribution < -0.4 is 5.01 Å². The summed E-state index contributed by atoms with van der Waals surface area (Å²) in [5.41, 5.74) is 2.47. The van der Waals surface area contributed by atoms with E-state index in [-0.39, 0.29) is 17.1 Å². The maximum Gasteiger partial charge on any atom is 2.00 e. The monoisotopic (exact) mass is 238 g/mol. The van der Waals surface area contributed by atoms with Gasteiger partial charge >= 0.3 is 17.1 Å². The zero-order chi connectivity index (χ0) is 9.38. The molecule has 0 aliphatic carbocycles. The van der Waals surface area contributed by atoms with Crippen molar-refractivity contribution >= 4 is 11.8 Å². The van der Waals surface area contributed by atoms with E-state index in [1.165, 1.54) is 11.3 Å². The maximum atomic E-state index is 2.12. The van der Waals surface area contributed by atoms with Crippen LogP contribution in [0.25, 0.3) is 6.08 Å². The summed E-state index contributed by atoms with van der Waals surface area (Å²) in [7, 11) is 0. The third-order valence-electron chi connectivity index (χ3n) is 2.42. The van der Waals surface area contributed by atoms with Gasteiger partial charge in [0.15, 0.2) is 0 Å². The summed E-state index contributed by atoms with van der Waals surface area (Å²) in [6, 6.07) is 8.36. The van der Waals surface area contributed by atoms with E-state index in [1.807, 2.05) is 18.4 Å². The van der Waals surface area contributed by atoms with Crippen molar-refractivity contribution in [1.29, 1.82) is 0 Å². The smallest absolute Gasteiger partial charge is 0.264 e. The van der Waals surface area contributed by atoms with Crippen LogP contribution in [0.15, 0.2) is 55.0 Å². The first-order chi connectivity index (χ1) is 6.95. The van der Waals surface area contributed by atoms with Gasteiger partial charge in [0.25, 0.3) is 0 Å². The van der Waals surface area contributed by atoms with E-state index in [9.17, 15) is 0 Å². The van der Waals surface area contributed by atoms with Gasteiger partial charge in [0.1, 0.15) is 0 Å². The summed E-state index contributed by atoms with van der Waals surface area (Å²) in [6.07, 6.45) is 12.3. The topological polar surface area (TPSA) is 6.48 Å². The zero-order valence-electron chi connectivity index (χ0n) is 8.02. The molecule has 2 aliphatic heterocycles. The van der Waals surface area contributed by atoms with Crippen molar-refractivity contribution in [1.82, 2.24) is 5.01 Å². The molecule has 0 fully saturated rings. The predicted molar refractivity (Wildman–Crippen MR) is 58.1 cm³/mol. The number of hydrogen-bond donors (Lipinski definition) is 0. The molecule has 2 nitrogen and oxygen atoms in total. The number of rotatable bonds is 0. The fourth-order valence-corrected chi connectivity index (χ4v) is 1.74. The van der Waals surface area contributed by atoms with E-state index < -0.39 is 0 Å². The molecule has 0 radical (unpaired) electrons. The Morgan fingerprint density at radius 2 is 1.67 bits per heavy atom. The summed E-state index contributed by atoms with van der Waals surface area (Å²) in [6.45, 7) is 0. The van der Waals surface area contributed by atoms with E-state index in [2.05, 4.69) is 52.8 Å². The summed E-state index contributed by atoms with van der Waals surface area (Å²) < 4.78 is 0. The number of benzene rings is 1. The molecular formula is C12H10FeN2+2. The van der Waals surface area contributed by atoms with Gasteiger partial charge < -0.3 is 0 Å². The van der Waals surface area contributed by atoms with Crippen LogP contribution in [0.1, 0.15) is 5.56 Å². The van der Waals surface area contributed by atoms with Gasteiger partial charge in [-0.15, -0.1) is 0 Å². The molecule has 2 heterocycles. The number of allylic oxidation sites excluding steroid dienone is 2. The van der Waals surface area contributed by atoms with Crippen molar-refractivity contribution in [2.75, 3.05) is 5.01 Å². The first-order valence-corrected chi connectivity index (χ1v) is 4.65. The zero-order valence-corrected chi connectivity index (χ0v) is 9.13. The predicted octanol–water partition coefficient (Wildman–Crippen LogP) is 2.73. The molecule has 3 heteroatoms. The van der Waals surface area contributed by atoms with Crippen LogP contribution in [-0.4, -0.2) is 5.01 Å². The third kappa shape index (κ3) is 1.60. The van der Waals surface area contributed by atoms with Gasteiger partial charge in [0.2, 0.25) is 0 Å². The standard InChI is InChI=1S/C12H10N2.Fe/c1-2-6-12-11(5-1)7-10-13-8-3-4-9-14(12)13;/h1-10H;/q;+2. The van der Waals surface area contributed by atoms with Crippen LogP contribution >= 0.6 is 0 Å². The Kier molecular flexibility index (Phi) is 2.67. The molecule has 1 aromatic rings. The van der Waals surface area contributed by atoms with Crippen molar-refractivity contribution < 1.29 is 17.1 Å². The number of para-hydroxylation sites is 1. The number of nitrogens with zero attached hydrogens (tertiary/aromatic N) is 2. The Balaban J connectivity index is 0.000000853. The molecule has 0 aromatic heterocycles. The summed E-state index contributed by atoms with van der Waals surface area (Å²) in [4.78, 5) is 0. The van der Waals surface area contributed by atoms with Crippen LogP contribution in [0.5, 0.6) is 0 Å². The van der Waals surface area contributed by atoms with Crippen LogP contribution in [0.2, 0.25) is 0 Å². The Hall–Kier alpha value is -1.44. The molecule has 0 saturated heterocycles. The van der Waals surface area contributed by atoms with Crippen molar-refractivity contribution in [3.63, 3.8) is 0 Å². The number of hydrazine groups is 1. The van der Waals surface area contributed by atoms with Gasteiger partial charge in [0, 0.05) is 24.2 Å². The van der Waals surface area contributed by atoms with E-state index in [1.54, 1.807) is 0 Å². The van der Waals surface area contributed by atoms with Gasteiger partial charge in [-0.3, -0.25) is 10.0 Å². The Morgan fingerprint density at radius 1 is 0.867 bits per heavy atom. The van der Waals surface area contributed by atoms with Crippen molar-refractivity contribution in [3.8, 4) is 0 Å². The third-order valence-corrected chi connectivity index (χ3v) is 2.42. The molecule has 3 rings (SSSR count). The SMILES string of the molecule is C1=CN2C=Cc3ccccc3N2C=C1.[Fe+2]. The van der Waals surface area contributed by atoms with Crippen molar-refractivity contribution in [2.24, 2.45) is 0 Å². The molecular weight excluding hydrogens is 228 g/mol. The quantitative estimate of drug-likeness (QED) is 0.641. The second-order valence-corrected chi connectivity index (χ2v) is 3.28. The fraction of sp³-hybridized carbons (Fsp3) is 0. The fourth-order valence-electron chi connectivity index (χ4n) is 1.74. The van der Waals surface area contributed by atoms with Crippen molar-refractivity contribution in [3.05, 3.63) is 60.6 Å². The molecule has 0 N–H and O–H groups in total. The molecule has 0 unspecified atom stereocenters. The van der Waals surface area contributed by atoms with Crippen molar-refractivity contribution in [2.45, 2.75) is 0 Å². The molecule has 74 valence electrons. The normalized spacial score (nSPS) is 15.7. The number of fused-ring (bicyclic) bond motifs is 3. The first-order valence-electron chi connectivity index (χ1n) is 4.65. The Morgan fingerprint density at radius 3 is 2.60 bits per heavy atom. The molecule has 2 aliphatic rings. The first kappa shape index (κ1) is 10.1. The molecule has 0 amide bonds. The van der Waals surface area contributed by atoms with Gasteiger partial charge in [-0.25, -0.2) is 0 Å². The van der Waals surface area contributed by atoms with Crippen LogP contribution in [0.3, 0.4) is 0 Å². The largest absolute Gasteiger partial charge is 2.00 e. The van der Waals surface area contributed by atoms with Gasteiger partial charge in [-0.05, 0) is 24.3 Å². The Bertz CT molecular complexity index is 449. The van der Waals surface area contributed by atoms with Gasteiger partial charge in [-0.1, -0.05) is 18.2 Å². The molecule has 15 heavy (non-hydrogen) atoms. The average Bonchev–Trinajstić information content (AvgIpc) is 2.29. The second kappa shape index (κ2) is 3.97. The molecule has 0 bridgehead atoms. The summed E-state index contributed by atoms with van der Waals surface area (Å²) in [5.74, 6) is 0. The molecule has 0 saturated carbocycles. The second-order valence-electron chi connectivity index (χ2n) is 3.28. The summed E-state index contributed by atoms with van der Waals surface area (Å²) >= 11 is 0. The van der Waals surface area contributed by atoms with E-state index in [4.69, 9.17) is 0 Å².